The van der Waals surface area contributed by atoms with E-state index in [9.17, 15) is 9.59 Å². The smallest absolute Gasteiger partial charge is 0.257 e. The van der Waals surface area contributed by atoms with Crippen molar-refractivity contribution in [2.24, 2.45) is 17.8 Å². The highest BCUT2D eigenvalue weighted by Crippen LogP contribution is 2.56. The maximum absolute atomic E-state index is 12.4. The van der Waals surface area contributed by atoms with Gasteiger partial charge in [0, 0.05) is 12.1 Å². The van der Waals surface area contributed by atoms with Crippen LogP contribution in [0.2, 0.25) is 0 Å². The first-order chi connectivity index (χ1) is 9.19. The molecule has 0 radical (unpaired) electrons. The van der Waals surface area contributed by atoms with E-state index in [0.29, 0.717) is 18.4 Å². The standard InChI is InChI=1S/C16H21NO2/c1-3-5-6-10-8-11-9-12(10)14-13(11)15(18)17(7-4-2)16(14)19/h4,10,12,14H,2-3,5-9H2,1H3. The molecule has 2 amide bonds. The largest absolute Gasteiger partial charge is 0.274 e. The van der Waals surface area contributed by atoms with E-state index >= 15 is 0 Å². The molecule has 1 aliphatic heterocycles. The average molecular weight is 259 g/mol. The van der Waals surface area contributed by atoms with Crippen molar-refractivity contribution in [2.75, 3.05) is 6.54 Å². The van der Waals surface area contributed by atoms with Crippen LogP contribution in [0.25, 0.3) is 0 Å². The highest BCUT2D eigenvalue weighted by atomic mass is 16.2. The Morgan fingerprint density at radius 3 is 2.84 bits per heavy atom. The lowest BCUT2D eigenvalue weighted by Crippen LogP contribution is -2.33. The zero-order valence-corrected chi connectivity index (χ0v) is 11.5. The Labute approximate surface area is 114 Å². The van der Waals surface area contributed by atoms with Crippen LogP contribution in [-0.2, 0) is 9.59 Å². The molecule has 1 heterocycles. The molecule has 0 aromatic rings. The second-order valence-electron chi connectivity index (χ2n) is 6.01. The first kappa shape index (κ1) is 12.6. The van der Waals surface area contributed by atoms with E-state index < -0.39 is 0 Å². The molecule has 0 spiro atoms. The first-order valence-corrected chi connectivity index (χ1v) is 7.37. The summed E-state index contributed by atoms with van der Waals surface area (Å²) in [4.78, 5) is 26.1. The van der Waals surface area contributed by atoms with Gasteiger partial charge in [-0.1, -0.05) is 31.4 Å². The van der Waals surface area contributed by atoms with Crippen molar-refractivity contribution >= 4 is 11.8 Å². The molecule has 2 aliphatic carbocycles. The van der Waals surface area contributed by atoms with E-state index in [1.54, 1.807) is 6.08 Å². The lowest BCUT2D eigenvalue weighted by molar-refractivity contribution is -0.139. The number of hydrogen-bond acceptors (Lipinski definition) is 2. The highest BCUT2D eigenvalue weighted by molar-refractivity contribution is 6.16. The molecule has 3 unspecified atom stereocenters. The quantitative estimate of drug-likeness (QED) is 0.562. The van der Waals surface area contributed by atoms with Gasteiger partial charge in [0.15, 0.2) is 0 Å². The van der Waals surface area contributed by atoms with Gasteiger partial charge in [-0.3, -0.25) is 14.5 Å². The number of allylic oxidation sites excluding steroid dienone is 1. The normalized spacial score (nSPS) is 32.5. The fourth-order valence-electron chi connectivity index (χ4n) is 4.13. The number of carbonyl (C=O) groups excluding carboxylic acids is 2. The second kappa shape index (κ2) is 4.62. The molecule has 3 nitrogen and oxygen atoms in total. The van der Waals surface area contributed by atoms with Gasteiger partial charge in [0.2, 0.25) is 5.91 Å². The summed E-state index contributed by atoms with van der Waals surface area (Å²) >= 11 is 0. The van der Waals surface area contributed by atoms with Crippen molar-refractivity contribution in [1.82, 2.24) is 4.90 Å². The Hall–Kier alpha value is -1.38. The highest BCUT2D eigenvalue weighted by Gasteiger charge is 2.56. The minimum Gasteiger partial charge on any atom is -0.274 e. The average Bonchev–Trinajstić information content (AvgIpc) is 3.03. The Bertz CT molecular complexity index is 477. The number of hydrogen-bond donors (Lipinski definition) is 0. The van der Waals surface area contributed by atoms with Gasteiger partial charge in [0.25, 0.3) is 5.91 Å². The SMILES string of the molecule is C=CCN1C(=O)C2=C3CC(CCCC)C(C3)C2C1=O. The third-order valence-corrected chi connectivity index (χ3v) is 4.96. The zero-order chi connectivity index (χ0) is 13.6. The van der Waals surface area contributed by atoms with Crippen LogP contribution < -0.4 is 0 Å². The predicted octanol–water partition coefficient (Wildman–Crippen LogP) is 2.68. The maximum atomic E-state index is 12.4. The number of fused-ring (bicyclic) bond motifs is 4. The van der Waals surface area contributed by atoms with Crippen LogP contribution in [0.4, 0.5) is 0 Å². The van der Waals surface area contributed by atoms with Crippen LogP contribution in [0, 0.1) is 17.8 Å². The van der Waals surface area contributed by atoms with E-state index in [1.807, 2.05) is 0 Å². The third kappa shape index (κ3) is 1.71. The summed E-state index contributed by atoms with van der Waals surface area (Å²) in [5, 5.41) is 0. The van der Waals surface area contributed by atoms with E-state index in [0.717, 1.165) is 18.4 Å². The molecule has 1 saturated heterocycles. The predicted molar refractivity (Wildman–Crippen MR) is 73.2 cm³/mol. The maximum Gasteiger partial charge on any atom is 0.257 e. The molecular weight excluding hydrogens is 238 g/mol. The van der Waals surface area contributed by atoms with Crippen LogP contribution in [0.15, 0.2) is 23.8 Å². The van der Waals surface area contributed by atoms with Gasteiger partial charge in [-0.05, 0) is 31.1 Å². The molecule has 1 saturated carbocycles. The van der Waals surface area contributed by atoms with E-state index in [1.165, 1.54) is 29.7 Å². The third-order valence-electron chi connectivity index (χ3n) is 4.96. The summed E-state index contributed by atoms with van der Waals surface area (Å²) in [5.74, 6) is 0.910. The number of carbonyl (C=O) groups is 2. The van der Waals surface area contributed by atoms with Crippen molar-refractivity contribution in [3.8, 4) is 0 Å². The summed E-state index contributed by atoms with van der Waals surface area (Å²) in [6.07, 6.45) is 7.32. The molecule has 19 heavy (non-hydrogen) atoms. The number of likely N-dealkylation sites (tertiary alicyclic amines) is 1. The summed E-state index contributed by atoms with van der Waals surface area (Å²) in [7, 11) is 0. The molecule has 3 heteroatoms. The molecular formula is C16H21NO2. The van der Waals surface area contributed by atoms with Gasteiger partial charge in [-0.15, -0.1) is 6.58 Å². The van der Waals surface area contributed by atoms with Crippen molar-refractivity contribution in [3.05, 3.63) is 23.8 Å². The first-order valence-electron chi connectivity index (χ1n) is 7.37. The van der Waals surface area contributed by atoms with Gasteiger partial charge < -0.3 is 0 Å². The summed E-state index contributed by atoms with van der Waals surface area (Å²) in [5.41, 5.74) is 2.13. The van der Waals surface area contributed by atoms with Crippen molar-refractivity contribution < 1.29 is 9.59 Å². The molecule has 3 atom stereocenters. The van der Waals surface area contributed by atoms with Gasteiger partial charge in [0.05, 0.1) is 5.92 Å². The van der Waals surface area contributed by atoms with Gasteiger partial charge in [-0.2, -0.15) is 0 Å². The summed E-state index contributed by atoms with van der Waals surface area (Å²) < 4.78 is 0. The molecule has 0 aromatic carbocycles. The summed E-state index contributed by atoms with van der Waals surface area (Å²) in [6, 6.07) is 0. The lowest BCUT2D eigenvalue weighted by Gasteiger charge is -2.24. The van der Waals surface area contributed by atoms with Crippen LogP contribution in [0.5, 0.6) is 0 Å². The van der Waals surface area contributed by atoms with Crippen LogP contribution in [0.3, 0.4) is 0 Å². The zero-order valence-electron chi connectivity index (χ0n) is 11.5. The fraction of sp³-hybridized carbons (Fsp3) is 0.625. The molecule has 3 rings (SSSR count). The molecule has 3 aliphatic rings. The summed E-state index contributed by atoms with van der Waals surface area (Å²) in [6.45, 7) is 6.19. The van der Waals surface area contributed by atoms with E-state index in [2.05, 4.69) is 13.5 Å². The molecule has 2 fully saturated rings. The van der Waals surface area contributed by atoms with Crippen molar-refractivity contribution in [3.63, 3.8) is 0 Å². The second-order valence-corrected chi connectivity index (χ2v) is 6.01. The number of amides is 2. The van der Waals surface area contributed by atoms with Gasteiger partial charge >= 0.3 is 0 Å². The minimum absolute atomic E-state index is 0.0288. The monoisotopic (exact) mass is 259 g/mol. The van der Waals surface area contributed by atoms with Crippen LogP contribution >= 0.6 is 0 Å². The topological polar surface area (TPSA) is 37.4 Å². The Morgan fingerprint density at radius 1 is 1.37 bits per heavy atom. The Morgan fingerprint density at radius 2 is 2.16 bits per heavy atom. The number of imide groups is 1. The lowest BCUT2D eigenvalue weighted by atomic mass is 9.78. The van der Waals surface area contributed by atoms with Gasteiger partial charge in [-0.25, -0.2) is 0 Å². The molecule has 0 aromatic heterocycles. The van der Waals surface area contributed by atoms with Gasteiger partial charge in [0.1, 0.15) is 0 Å². The van der Waals surface area contributed by atoms with E-state index in [-0.39, 0.29) is 17.7 Å². The molecule has 2 bridgehead atoms. The van der Waals surface area contributed by atoms with Crippen LogP contribution in [0.1, 0.15) is 39.0 Å². The number of unbranched alkanes of at least 4 members (excludes halogenated alkanes) is 1. The fourth-order valence-corrected chi connectivity index (χ4v) is 4.13. The molecule has 102 valence electrons. The Kier molecular flexibility index (Phi) is 3.08. The minimum atomic E-state index is -0.113. The van der Waals surface area contributed by atoms with Crippen molar-refractivity contribution in [1.29, 1.82) is 0 Å². The number of nitrogens with zero attached hydrogens (tertiary/aromatic N) is 1. The Balaban J connectivity index is 1.85. The molecule has 0 N–H and O–H groups in total. The number of rotatable bonds is 5. The van der Waals surface area contributed by atoms with Crippen molar-refractivity contribution in [2.45, 2.75) is 39.0 Å². The van der Waals surface area contributed by atoms with E-state index in [4.69, 9.17) is 0 Å². The van der Waals surface area contributed by atoms with Crippen LogP contribution in [-0.4, -0.2) is 23.3 Å².